The monoisotopic (exact) mass is 804 g/mol. The van der Waals surface area contributed by atoms with Gasteiger partial charge in [0.15, 0.2) is 28.2 Å². The van der Waals surface area contributed by atoms with Crippen LogP contribution in [0.25, 0.3) is 11.5 Å². The molecule has 294 valence electrons. The SMILES string of the molecule is CCCCOc1cc(-c2nn(S(=O)(=O)NC(=O)N3C[C@H](NC(=O)/C(=N\OC(C)(C)C(=O)O)c4csc(N)n4)C3=O)c(=O)n2Cc2cc(C)n(C)n2)ncc1O. The number of urea groups is 1. The van der Waals surface area contributed by atoms with Crippen molar-refractivity contribution < 1.29 is 47.4 Å². The highest BCUT2D eigenvalue weighted by Gasteiger charge is 2.44. The molecule has 55 heavy (non-hydrogen) atoms. The van der Waals surface area contributed by atoms with E-state index in [4.69, 9.17) is 15.3 Å². The maximum Gasteiger partial charge on any atom is 0.362 e. The average Bonchev–Trinajstić information content (AvgIpc) is 3.79. The van der Waals surface area contributed by atoms with E-state index in [1.54, 1.807) is 24.8 Å². The Morgan fingerprint density at radius 1 is 1.20 bits per heavy atom. The molecule has 23 nitrogen and oxygen atoms in total. The van der Waals surface area contributed by atoms with Crippen molar-refractivity contribution >= 4 is 56.2 Å². The molecule has 0 bridgehead atoms. The summed E-state index contributed by atoms with van der Waals surface area (Å²) in [5.41, 5.74) is 2.95. The fourth-order valence-electron chi connectivity index (χ4n) is 4.69. The molecule has 0 aliphatic carbocycles. The minimum atomic E-state index is -5.14. The Morgan fingerprint density at radius 3 is 2.53 bits per heavy atom. The lowest BCUT2D eigenvalue weighted by atomic mass is 10.1. The van der Waals surface area contributed by atoms with Gasteiger partial charge in [0.05, 0.1) is 31.6 Å². The second-order valence-corrected chi connectivity index (χ2v) is 14.9. The predicted molar refractivity (Wildman–Crippen MR) is 191 cm³/mol. The molecule has 1 fully saturated rings. The van der Waals surface area contributed by atoms with Gasteiger partial charge in [-0.1, -0.05) is 22.6 Å². The van der Waals surface area contributed by atoms with Gasteiger partial charge in [-0.05, 0) is 33.3 Å². The van der Waals surface area contributed by atoms with Crippen molar-refractivity contribution in [2.75, 3.05) is 18.9 Å². The highest BCUT2D eigenvalue weighted by Crippen LogP contribution is 2.29. The standard InChI is InChI=1S/C30H36N12O11S2/c1-6-7-8-52-21-10-17(32-11-20(21)43)23-36-42(29(49)40(23)12-16-9-15(2)39(5)35-16)55(50,51)38-28(48)41-13-18(25(41)45)33-24(44)22(19-14-54-27(31)34-19)37-53-30(3,4)26(46)47/h9-11,14,18,43H,6-8,12-13H2,1-5H3,(H2,31,34)(H,33,44)(H,38,48)(H,46,47)/b37-22-/t18-/m0/s1. The number of aryl methyl sites for hydroxylation is 2. The number of aromatic hydroxyl groups is 1. The van der Waals surface area contributed by atoms with Crippen LogP contribution in [0.1, 0.15) is 50.7 Å². The zero-order valence-electron chi connectivity index (χ0n) is 29.9. The number of rotatable bonds is 15. The molecule has 4 amide bonds. The number of nitrogens with two attached hydrogens (primary N) is 1. The number of hydrogen-bond donors (Lipinski definition) is 5. The minimum absolute atomic E-state index is 0.000475. The zero-order chi connectivity index (χ0) is 40.4. The number of carbonyl (C=O) groups excluding carboxylic acids is 3. The number of pyridine rings is 1. The molecule has 0 unspecified atom stereocenters. The Hall–Kier alpha value is -6.37. The summed E-state index contributed by atoms with van der Waals surface area (Å²) in [6.07, 6.45) is 2.51. The normalized spacial score (nSPS) is 14.7. The number of carbonyl (C=O) groups is 4. The maximum atomic E-state index is 13.7. The Balaban J connectivity index is 1.36. The molecule has 1 aliphatic rings. The molecule has 4 aromatic rings. The number of anilines is 1. The van der Waals surface area contributed by atoms with E-state index in [9.17, 15) is 42.6 Å². The van der Waals surface area contributed by atoms with Crippen LogP contribution in [0.4, 0.5) is 9.93 Å². The van der Waals surface area contributed by atoms with Crippen molar-refractivity contribution in [1.29, 1.82) is 0 Å². The quantitative estimate of drug-likeness (QED) is 0.0439. The summed E-state index contributed by atoms with van der Waals surface area (Å²) in [5, 5.41) is 35.2. The molecule has 5 rings (SSSR count). The van der Waals surface area contributed by atoms with E-state index < -0.39 is 63.6 Å². The molecule has 0 radical (unpaired) electrons. The van der Waals surface area contributed by atoms with Crippen molar-refractivity contribution in [1.82, 2.24) is 48.4 Å². The molecule has 25 heteroatoms. The van der Waals surface area contributed by atoms with E-state index in [0.717, 1.165) is 34.2 Å². The molecular formula is C30H36N12O11S2. The van der Waals surface area contributed by atoms with E-state index in [-0.39, 0.29) is 51.1 Å². The van der Waals surface area contributed by atoms with E-state index in [0.29, 0.717) is 17.0 Å². The van der Waals surface area contributed by atoms with Gasteiger partial charge in [0, 0.05) is 24.2 Å². The molecule has 5 heterocycles. The second-order valence-electron chi connectivity index (χ2n) is 12.5. The number of nitrogen functional groups attached to an aromatic ring is 1. The number of aliphatic carboxylic acids is 1. The van der Waals surface area contributed by atoms with Crippen LogP contribution in [-0.2, 0) is 43.0 Å². The van der Waals surface area contributed by atoms with Gasteiger partial charge in [-0.25, -0.2) is 29.1 Å². The molecule has 6 N–H and O–H groups in total. The largest absolute Gasteiger partial charge is 0.503 e. The Bertz CT molecular complexity index is 2340. The fraction of sp³-hybridized carbons (Fsp3) is 0.400. The number of hydrogen-bond acceptors (Lipinski definition) is 17. The number of thiazole rings is 1. The number of imide groups is 1. The average molecular weight is 805 g/mol. The number of unbranched alkanes of at least 4 members (excludes halogenated alkanes) is 1. The smallest absolute Gasteiger partial charge is 0.362 e. The summed E-state index contributed by atoms with van der Waals surface area (Å²) < 4.78 is 36.7. The number of carboxylic acids is 1. The van der Waals surface area contributed by atoms with Crippen LogP contribution in [0.15, 0.2) is 33.7 Å². The summed E-state index contributed by atoms with van der Waals surface area (Å²) in [5.74, 6) is -4.09. The first-order valence-electron chi connectivity index (χ1n) is 16.2. The van der Waals surface area contributed by atoms with E-state index in [2.05, 4.69) is 30.6 Å². The van der Waals surface area contributed by atoms with Gasteiger partial charge < -0.3 is 30.8 Å². The molecule has 1 atom stereocenters. The second kappa shape index (κ2) is 15.5. The number of β-lactam (4-membered cyclic amide) rings is 1. The van der Waals surface area contributed by atoms with Crippen LogP contribution in [0.3, 0.4) is 0 Å². The van der Waals surface area contributed by atoms with Gasteiger partial charge in [0.25, 0.3) is 11.8 Å². The number of likely N-dealkylation sites (tertiary alicyclic amines) is 1. The Labute approximate surface area is 315 Å². The summed E-state index contributed by atoms with van der Waals surface area (Å²) in [4.78, 5) is 77.8. The van der Waals surface area contributed by atoms with Gasteiger partial charge in [-0.15, -0.1) is 16.4 Å². The minimum Gasteiger partial charge on any atom is -0.503 e. The number of ether oxygens (including phenoxy) is 1. The first kappa shape index (κ1) is 39.8. The molecule has 0 saturated carbocycles. The summed E-state index contributed by atoms with van der Waals surface area (Å²) in [7, 11) is -3.47. The number of nitrogens with zero attached hydrogens (tertiary/aromatic N) is 9. The third-order valence-corrected chi connectivity index (χ3v) is 9.73. The number of aromatic nitrogens is 7. The summed E-state index contributed by atoms with van der Waals surface area (Å²) >= 11 is 0.940. The first-order chi connectivity index (χ1) is 25.8. The summed E-state index contributed by atoms with van der Waals surface area (Å²) in [6, 6.07) is 0.0948. The molecule has 1 saturated heterocycles. The highest BCUT2D eigenvalue weighted by molar-refractivity contribution is 7.88. The van der Waals surface area contributed by atoms with Crippen molar-refractivity contribution in [3.63, 3.8) is 0 Å². The van der Waals surface area contributed by atoms with Gasteiger partial charge in [0.1, 0.15) is 17.4 Å². The van der Waals surface area contributed by atoms with E-state index in [1.165, 1.54) is 30.0 Å². The van der Waals surface area contributed by atoms with Crippen molar-refractivity contribution in [2.24, 2.45) is 12.2 Å². The van der Waals surface area contributed by atoms with Gasteiger partial charge >= 0.3 is 27.9 Å². The van der Waals surface area contributed by atoms with Gasteiger partial charge in [-0.3, -0.25) is 23.7 Å². The number of oxime groups is 1. The number of carboxylic acid groups (broad SMARTS) is 1. The maximum absolute atomic E-state index is 13.7. The topological polar surface area (TPSA) is 310 Å². The molecular weight excluding hydrogens is 769 g/mol. The van der Waals surface area contributed by atoms with Crippen LogP contribution in [0, 0.1) is 6.92 Å². The first-order valence-corrected chi connectivity index (χ1v) is 18.6. The molecule has 0 aromatic carbocycles. The number of amides is 4. The lowest BCUT2D eigenvalue weighted by Gasteiger charge is -2.36. The van der Waals surface area contributed by atoms with Gasteiger partial charge in [0.2, 0.25) is 5.60 Å². The third kappa shape index (κ3) is 8.56. The summed E-state index contributed by atoms with van der Waals surface area (Å²) in [6.45, 7) is 5.50. The lowest BCUT2D eigenvalue weighted by Crippen LogP contribution is -2.68. The number of nitrogens with one attached hydrogen (secondary N) is 2. The predicted octanol–water partition coefficient (Wildman–Crippen LogP) is -0.466. The van der Waals surface area contributed by atoms with Crippen LogP contribution < -0.4 is 26.2 Å². The van der Waals surface area contributed by atoms with Gasteiger partial charge in [-0.2, -0.15) is 13.5 Å². The Kier molecular flexibility index (Phi) is 11.3. The van der Waals surface area contributed by atoms with Crippen molar-refractivity contribution in [2.45, 2.75) is 58.7 Å². The molecule has 1 aliphatic heterocycles. The van der Waals surface area contributed by atoms with Crippen LogP contribution in [0.2, 0.25) is 0 Å². The Morgan fingerprint density at radius 2 is 1.93 bits per heavy atom. The van der Waals surface area contributed by atoms with Crippen LogP contribution in [-0.4, -0.2) is 111 Å². The van der Waals surface area contributed by atoms with Crippen LogP contribution >= 0.6 is 11.3 Å². The fourth-order valence-corrected chi connectivity index (χ4v) is 6.14. The van der Waals surface area contributed by atoms with E-state index >= 15 is 0 Å². The van der Waals surface area contributed by atoms with Crippen molar-refractivity contribution in [3.8, 4) is 23.0 Å². The lowest BCUT2D eigenvalue weighted by molar-refractivity contribution is -0.161. The van der Waals surface area contributed by atoms with E-state index in [1.807, 2.05) is 6.92 Å². The third-order valence-electron chi connectivity index (χ3n) is 7.93. The molecule has 0 spiro atoms. The highest BCUT2D eigenvalue weighted by atomic mass is 32.2. The van der Waals surface area contributed by atoms with Crippen molar-refractivity contribution in [3.05, 3.63) is 51.3 Å². The zero-order valence-corrected chi connectivity index (χ0v) is 31.5. The molecule has 4 aromatic heterocycles. The van der Waals surface area contributed by atoms with Crippen LogP contribution in [0.5, 0.6) is 11.5 Å².